The van der Waals surface area contributed by atoms with Crippen molar-refractivity contribution in [2.24, 2.45) is 7.05 Å². The van der Waals surface area contributed by atoms with Crippen molar-refractivity contribution >= 4 is 0 Å². The molecule has 0 saturated carbocycles. The molecule has 1 fully saturated rings. The van der Waals surface area contributed by atoms with E-state index >= 15 is 0 Å². The van der Waals surface area contributed by atoms with E-state index in [2.05, 4.69) is 5.10 Å². The van der Waals surface area contributed by atoms with Crippen LogP contribution in [0.2, 0.25) is 0 Å². The maximum Gasteiger partial charge on any atom is 0.202 e. The molecule has 0 aliphatic carbocycles. The Morgan fingerprint density at radius 3 is 2.13 bits per heavy atom. The summed E-state index contributed by atoms with van der Waals surface area (Å²) >= 11 is 0. The Hall–Kier alpha value is -0.870. The van der Waals surface area contributed by atoms with Crippen LogP contribution in [-0.2, 0) is 16.5 Å². The van der Waals surface area contributed by atoms with Crippen molar-refractivity contribution in [3.8, 4) is 0 Å². The van der Waals surface area contributed by atoms with Crippen molar-refractivity contribution in [3.63, 3.8) is 0 Å². The maximum absolute atomic E-state index is 5.91. The quantitative estimate of drug-likeness (QED) is 0.711. The lowest BCUT2D eigenvalue weighted by Crippen LogP contribution is -2.41. The zero-order valence-corrected chi connectivity index (χ0v) is 9.94. The van der Waals surface area contributed by atoms with E-state index in [1.54, 1.807) is 10.9 Å². The van der Waals surface area contributed by atoms with Crippen molar-refractivity contribution in [1.29, 1.82) is 0 Å². The Morgan fingerprint density at radius 2 is 1.73 bits per heavy atom. The minimum atomic E-state index is -0.317. The van der Waals surface area contributed by atoms with Gasteiger partial charge < -0.3 is 9.47 Å². The van der Waals surface area contributed by atoms with E-state index in [1.807, 2.05) is 40.8 Å². The first-order valence-electron chi connectivity index (χ1n) is 5.17. The van der Waals surface area contributed by atoms with Gasteiger partial charge in [0.2, 0.25) is 6.29 Å². The van der Waals surface area contributed by atoms with Crippen molar-refractivity contribution in [2.45, 2.75) is 45.2 Å². The van der Waals surface area contributed by atoms with Gasteiger partial charge in [0.15, 0.2) is 0 Å². The lowest BCUT2D eigenvalue weighted by Gasteiger charge is -2.30. The van der Waals surface area contributed by atoms with Gasteiger partial charge in [0, 0.05) is 13.2 Å². The van der Waals surface area contributed by atoms with E-state index in [9.17, 15) is 0 Å². The summed E-state index contributed by atoms with van der Waals surface area (Å²) in [5, 5.41) is 4.11. The molecule has 84 valence electrons. The lowest BCUT2D eigenvalue weighted by molar-refractivity contribution is -0.0943. The fourth-order valence-corrected chi connectivity index (χ4v) is 1.58. The third-order valence-corrected chi connectivity index (χ3v) is 3.35. The Labute approximate surface area is 90.2 Å². The molecule has 1 aliphatic rings. The van der Waals surface area contributed by atoms with Gasteiger partial charge in [-0.05, 0) is 33.8 Å². The van der Waals surface area contributed by atoms with Crippen LogP contribution in [0.15, 0.2) is 12.3 Å². The molecule has 1 aliphatic heterocycles. The number of aromatic nitrogens is 2. The summed E-state index contributed by atoms with van der Waals surface area (Å²) in [7, 11) is 1.89. The molecule has 1 aromatic rings. The zero-order chi connectivity index (χ0) is 11.3. The molecule has 4 nitrogen and oxygen atoms in total. The van der Waals surface area contributed by atoms with Crippen LogP contribution in [-0.4, -0.2) is 21.0 Å². The van der Waals surface area contributed by atoms with E-state index in [0.717, 1.165) is 5.69 Å². The van der Waals surface area contributed by atoms with Crippen LogP contribution in [0.4, 0.5) is 0 Å². The van der Waals surface area contributed by atoms with Gasteiger partial charge in [-0.25, -0.2) is 0 Å². The van der Waals surface area contributed by atoms with Crippen LogP contribution in [0.25, 0.3) is 0 Å². The number of aryl methyl sites for hydroxylation is 1. The molecule has 0 amide bonds. The standard InChI is InChI=1S/C11H18N2O2/c1-10(2)11(3,4)15-9(14-10)8-6-7-12-13(8)5/h6-7,9H,1-5H3. The second-order valence-corrected chi connectivity index (χ2v) is 4.97. The van der Waals surface area contributed by atoms with Gasteiger partial charge in [-0.15, -0.1) is 0 Å². The summed E-state index contributed by atoms with van der Waals surface area (Å²) in [6.07, 6.45) is 1.43. The molecule has 0 atom stereocenters. The van der Waals surface area contributed by atoms with Crippen LogP contribution >= 0.6 is 0 Å². The first-order valence-corrected chi connectivity index (χ1v) is 5.17. The average Bonchev–Trinajstić information content (AvgIpc) is 2.55. The average molecular weight is 210 g/mol. The molecule has 0 N–H and O–H groups in total. The predicted molar refractivity (Wildman–Crippen MR) is 56.3 cm³/mol. The van der Waals surface area contributed by atoms with Crippen molar-refractivity contribution < 1.29 is 9.47 Å². The Morgan fingerprint density at radius 1 is 1.20 bits per heavy atom. The molecule has 2 heterocycles. The summed E-state index contributed by atoms with van der Waals surface area (Å²) < 4.78 is 13.6. The third-order valence-electron chi connectivity index (χ3n) is 3.35. The van der Waals surface area contributed by atoms with Crippen LogP contribution in [0.1, 0.15) is 39.7 Å². The zero-order valence-electron chi connectivity index (χ0n) is 9.94. The Balaban J connectivity index is 2.27. The van der Waals surface area contributed by atoms with E-state index in [0.29, 0.717) is 0 Å². The molecule has 1 aromatic heterocycles. The molecule has 15 heavy (non-hydrogen) atoms. The van der Waals surface area contributed by atoms with Crippen LogP contribution in [0.3, 0.4) is 0 Å². The first-order chi connectivity index (χ1) is 6.83. The number of rotatable bonds is 1. The molecule has 0 bridgehead atoms. The number of nitrogens with zero attached hydrogens (tertiary/aromatic N) is 2. The smallest absolute Gasteiger partial charge is 0.202 e. The molecule has 0 unspecified atom stereocenters. The molecule has 2 rings (SSSR count). The Kier molecular flexibility index (Phi) is 2.17. The van der Waals surface area contributed by atoms with Crippen LogP contribution in [0, 0.1) is 0 Å². The fourth-order valence-electron chi connectivity index (χ4n) is 1.58. The van der Waals surface area contributed by atoms with Crippen molar-refractivity contribution in [1.82, 2.24) is 9.78 Å². The first kappa shape index (κ1) is 10.6. The highest BCUT2D eigenvalue weighted by Crippen LogP contribution is 2.44. The predicted octanol–water partition coefficient (Wildman–Crippen LogP) is 2.02. The molecular formula is C11H18N2O2. The maximum atomic E-state index is 5.91. The van der Waals surface area contributed by atoms with Gasteiger partial charge in [-0.2, -0.15) is 5.10 Å². The van der Waals surface area contributed by atoms with Crippen LogP contribution in [0.5, 0.6) is 0 Å². The summed E-state index contributed by atoms with van der Waals surface area (Å²) in [6, 6.07) is 1.92. The van der Waals surface area contributed by atoms with Gasteiger partial charge in [0.1, 0.15) is 0 Å². The largest absolute Gasteiger partial charge is 0.338 e. The Bertz CT molecular complexity index is 352. The van der Waals surface area contributed by atoms with E-state index in [-0.39, 0.29) is 17.5 Å². The summed E-state index contributed by atoms with van der Waals surface area (Å²) in [5.41, 5.74) is 0.373. The molecule has 0 aromatic carbocycles. The van der Waals surface area contributed by atoms with E-state index < -0.39 is 0 Å². The number of hydrogen-bond donors (Lipinski definition) is 0. The minimum absolute atomic E-state index is 0.290. The molecule has 1 saturated heterocycles. The SMILES string of the molecule is Cn1nccc1C1OC(C)(C)C(C)(C)O1. The summed E-state index contributed by atoms with van der Waals surface area (Å²) in [6.45, 7) is 8.18. The topological polar surface area (TPSA) is 36.3 Å². The van der Waals surface area contributed by atoms with Gasteiger partial charge in [0.05, 0.1) is 16.9 Å². The van der Waals surface area contributed by atoms with Crippen molar-refractivity contribution in [3.05, 3.63) is 18.0 Å². The molecular weight excluding hydrogens is 192 g/mol. The molecule has 0 spiro atoms. The van der Waals surface area contributed by atoms with E-state index in [1.165, 1.54) is 0 Å². The molecule has 0 radical (unpaired) electrons. The highest BCUT2D eigenvalue weighted by atomic mass is 16.7. The normalized spacial score (nSPS) is 24.6. The third kappa shape index (κ3) is 1.58. The van der Waals surface area contributed by atoms with Crippen LogP contribution < -0.4 is 0 Å². The monoisotopic (exact) mass is 210 g/mol. The molecule has 4 heteroatoms. The summed E-state index contributed by atoms with van der Waals surface area (Å²) in [4.78, 5) is 0. The van der Waals surface area contributed by atoms with Crippen molar-refractivity contribution in [2.75, 3.05) is 0 Å². The fraction of sp³-hybridized carbons (Fsp3) is 0.727. The van der Waals surface area contributed by atoms with Gasteiger partial charge in [-0.1, -0.05) is 0 Å². The number of hydrogen-bond acceptors (Lipinski definition) is 3. The second-order valence-electron chi connectivity index (χ2n) is 4.97. The highest BCUT2D eigenvalue weighted by molar-refractivity contribution is 5.07. The lowest BCUT2D eigenvalue weighted by atomic mass is 9.90. The van der Waals surface area contributed by atoms with Gasteiger partial charge >= 0.3 is 0 Å². The van der Waals surface area contributed by atoms with Gasteiger partial charge in [-0.3, -0.25) is 4.68 Å². The minimum Gasteiger partial charge on any atom is -0.338 e. The van der Waals surface area contributed by atoms with Gasteiger partial charge in [0.25, 0.3) is 0 Å². The highest BCUT2D eigenvalue weighted by Gasteiger charge is 2.50. The second kappa shape index (κ2) is 3.06. The van der Waals surface area contributed by atoms with E-state index in [4.69, 9.17) is 9.47 Å². The number of ether oxygens (including phenoxy) is 2. The summed E-state index contributed by atoms with van der Waals surface area (Å²) in [5.74, 6) is 0.